The highest BCUT2D eigenvalue weighted by Crippen LogP contribution is 2.38. The van der Waals surface area contributed by atoms with Crippen LogP contribution in [-0.4, -0.2) is 16.6 Å². The van der Waals surface area contributed by atoms with Gasteiger partial charge in [0.05, 0.1) is 6.61 Å². The molecule has 1 fully saturated rings. The Labute approximate surface area is 114 Å². The van der Waals surface area contributed by atoms with Crippen molar-refractivity contribution in [3.05, 3.63) is 17.0 Å². The van der Waals surface area contributed by atoms with Crippen molar-refractivity contribution in [2.75, 3.05) is 6.61 Å². The van der Waals surface area contributed by atoms with Gasteiger partial charge in [0.2, 0.25) is 5.88 Å². The maximum atomic E-state index is 5.97. The fourth-order valence-corrected chi connectivity index (χ4v) is 2.07. The monoisotopic (exact) mass is 268 g/mol. The van der Waals surface area contributed by atoms with E-state index in [4.69, 9.17) is 16.3 Å². The molecular weight excluding hydrogens is 248 g/mol. The van der Waals surface area contributed by atoms with Crippen LogP contribution in [0.4, 0.5) is 0 Å². The van der Waals surface area contributed by atoms with Crippen molar-refractivity contribution in [2.45, 2.75) is 57.8 Å². The third-order valence-corrected chi connectivity index (χ3v) is 3.32. The second-order valence-corrected chi connectivity index (χ2v) is 5.31. The average molecular weight is 269 g/mol. The molecular formula is C14H21ClN2O. The van der Waals surface area contributed by atoms with Crippen LogP contribution in [0, 0.1) is 0 Å². The highest BCUT2D eigenvalue weighted by molar-refractivity contribution is 6.29. The van der Waals surface area contributed by atoms with Crippen molar-refractivity contribution < 1.29 is 4.74 Å². The SMILES string of the molecule is CCCCCCCOc1cc(Cl)nc(C2CC2)n1. The first-order chi connectivity index (χ1) is 8.79. The molecule has 3 nitrogen and oxygen atoms in total. The van der Waals surface area contributed by atoms with Gasteiger partial charge in [0.1, 0.15) is 11.0 Å². The summed E-state index contributed by atoms with van der Waals surface area (Å²) in [4.78, 5) is 8.65. The maximum absolute atomic E-state index is 5.97. The first-order valence-corrected chi connectivity index (χ1v) is 7.34. The Morgan fingerprint density at radius 3 is 2.72 bits per heavy atom. The lowest BCUT2D eigenvalue weighted by Gasteiger charge is -2.07. The van der Waals surface area contributed by atoms with Gasteiger partial charge in [0, 0.05) is 12.0 Å². The van der Waals surface area contributed by atoms with Gasteiger partial charge in [-0.3, -0.25) is 0 Å². The summed E-state index contributed by atoms with van der Waals surface area (Å²) in [6, 6.07) is 1.71. The smallest absolute Gasteiger partial charge is 0.218 e. The Morgan fingerprint density at radius 1 is 1.22 bits per heavy atom. The van der Waals surface area contributed by atoms with E-state index in [2.05, 4.69) is 16.9 Å². The number of rotatable bonds is 8. The average Bonchev–Trinajstić information content (AvgIpc) is 3.17. The molecule has 100 valence electrons. The van der Waals surface area contributed by atoms with Crippen molar-refractivity contribution >= 4 is 11.6 Å². The van der Waals surface area contributed by atoms with Crippen LogP contribution in [0.2, 0.25) is 5.15 Å². The maximum Gasteiger partial charge on any atom is 0.218 e. The van der Waals surface area contributed by atoms with Crippen LogP contribution in [0.1, 0.15) is 63.6 Å². The fraction of sp³-hybridized carbons (Fsp3) is 0.714. The normalized spacial score (nSPS) is 14.8. The summed E-state index contributed by atoms with van der Waals surface area (Å²) in [5.74, 6) is 1.99. The first kappa shape index (κ1) is 13.6. The Balaban J connectivity index is 1.74. The van der Waals surface area contributed by atoms with Crippen LogP contribution >= 0.6 is 11.6 Å². The predicted molar refractivity (Wildman–Crippen MR) is 73.3 cm³/mol. The first-order valence-electron chi connectivity index (χ1n) is 6.97. The minimum absolute atomic E-state index is 0.493. The molecule has 0 unspecified atom stereocenters. The molecule has 0 amide bonds. The van der Waals surface area contributed by atoms with Crippen molar-refractivity contribution in [3.63, 3.8) is 0 Å². The van der Waals surface area contributed by atoms with Gasteiger partial charge in [-0.15, -0.1) is 0 Å². The number of aromatic nitrogens is 2. The van der Waals surface area contributed by atoms with Gasteiger partial charge < -0.3 is 4.74 Å². The van der Waals surface area contributed by atoms with E-state index in [0.29, 0.717) is 17.0 Å². The van der Waals surface area contributed by atoms with E-state index in [9.17, 15) is 0 Å². The van der Waals surface area contributed by atoms with Crippen molar-refractivity contribution in [2.24, 2.45) is 0 Å². The topological polar surface area (TPSA) is 35.0 Å². The van der Waals surface area contributed by atoms with E-state index in [1.807, 2.05) is 0 Å². The lowest BCUT2D eigenvalue weighted by molar-refractivity contribution is 0.292. The van der Waals surface area contributed by atoms with E-state index in [0.717, 1.165) is 18.9 Å². The molecule has 1 heterocycles. The zero-order chi connectivity index (χ0) is 12.8. The van der Waals surface area contributed by atoms with Crippen molar-refractivity contribution in [1.82, 2.24) is 9.97 Å². The molecule has 0 bridgehead atoms. The predicted octanol–water partition coefficient (Wildman–Crippen LogP) is 4.36. The number of unbranched alkanes of at least 4 members (excludes halogenated alkanes) is 4. The molecule has 1 aromatic rings. The molecule has 0 spiro atoms. The molecule has 1 saturated carbocycles. The molecule has 0 radical (unpaired) electrons. The highest BCUT2D eigenvalue weighted by Gasteiger charge is 2.27. The molecule has 0 atom stereocenters. The van der Waals surface area contributed by atoms with Crippen LogP contribution < -0.4 is 4.74 Å². The van der Waals surface area contributed by atoms with E-state index < -0.39 is 0 Å². The summed E-state index contributed by atoms with van der Waals surface area (Å²) in [7, 11) is 0. The molecule has 0 aliphatic heterocycles. The van der Waals surface area contributed by atoms with E-state index >= 15 is 0 Å². The number of ether oxygens (including phenoxy) is 1. The number of hydrogen-bond donors (Lipinski definition) is 0. The van der Waals surface area contributed by atoms with Crippen LogP contribution in [0.5, 0.6) is 5.88 Å². The lowest BCUT2D eigenvalue weighted by atomic mass is 10.2. The van der Waals surface area contributed by atoms with Crippen LogP contribution in [0.15, 0.2) is 6.07 Å². The third-order valence-electron chi connectivity index (χ3n) is 3.13. The Bertz CT molecular complexity index is 380. The molecule has 4 heteroatoms. The van der Waals surface area contributed by atoms with E-state index in [1.165, 1.54) is 38.5 Å². The van der Waals surface area contributed by atoms with Gasteiger partial charge in [0.25, 0.3) is 0 Å². The van der Waals surface area contributed by atoms with Crippen molar-refractivity contribution in [3.8, 4) is 5.88 Å². The molecule has 1 aromatic heterocycles. The zero-order valence-corrected chi connectivity index (χ0v) is 11.7. The molecule has 0 N–H and O–H groups in total. The van der Waals surface area contributed by atoms with Crippen LogP contribution in [0.25, 0.3) is 0 Å². The minimum atomic E-state index is 0.493. The quantitative estimate of drug-likeness (QED) is 0.519. The van der Waals surface area contributed by atoms with Crippen LogP contribution in [-0.2, 0) is 0 Å². The summed E-state index contributed by atoms with van der Waals surface area (Å²) in [6.07, 6.45) is 8.53. The Kier molecular flexibility index (Phi) is 5.24. The standard InChI is InChI=1S/C14H21ClN2O/c1-2-3-4-5-6-9-18-13-10-12(15)16-14(17-13)11-7-8-11/h10-11H,2-9H2,1H3. The van der Waals surface area contributed by atoms with Gasteiger partial charge in [-0.25, -0.2) is 4.98 Å². The lowest BCUT2D eigenvalue weighted by Crippen LogP contribution is -2.02. The molecule has 1 aliphatic rings. The molecule has 0 aromatic carbocycles. The molecule has 18 heavy (non-hydrogen) atoms. The van der Waals surface area contributed by atoms with E-state index in [-0.39, 0.29) is 0 Å². The molecule has 2 rings (SSSR count). The fourth-order valence-electron chi connectivity index (χ4n) is 1.89. The molecule has 1 aliphatic carbocycles. The second-order valence-electron chi connectivity index (χ2n) is 4.92. The van der Waals surface area contributed by atoms with Gasteiger partial charge >= 0.3 is 0 Å². The number of nitrogens with zero attached hydrogens (tertiary/aromatic N) is 2. The zero-order valence-electron chi connectivity index (χ0n) is 11.0. The summed E-state index contributed by atoms with van der Waals surface area (Å²) in [5.41, 5.74) is 0. The van der Waals surface area contributed by atoms with E-state index in [1.54, 1.807) is 6.07 Å². The summed E-state index contributed by atoms with van der Waals surface area (Å²) >= 11 is 5.97. The third kappa shape index (κ3) is 4.45. The summed E-state index contributed by atoms with van der Waals surface area (Å²) < 4.78 is 5.65. The largest absolute Gasteiger partial charge is 0.478 e. The van der Waals surface area contributed by atoms with Gasteiger partial charge in [0.15, 0.2) is 0 Å². The summed E-state index contributed by atoms with van der Waals surface area (Å²) in [5, 5.41) is 0.493. The Hall–Kier alpha value is -0.830. The number of hydrogen-bond acceptors (Lipinski definition) is 3. The second kappa shape index (κ2) is 6.93. The van der Waals surface area contributed by atoms with Crippen LogP contribution in [0.3, 0.4) is 0 Å². The Morgan fingerprint density at radius 2 is 2.00 bits per heavy atom. The van der Waals surface area contributed by atoms with Gasteiger partial charge in [-0.05, 0) is 19.3 Å². The van der Waals surface area contributed by atoms with Crippen molar-refractivity contribution in [1.29, 1.82) is 0 Å². The molecule has 0 saturated heterocycles. The van der Waals surface area contributed by atoms with Gasteiger partial charge in [-0.1, -0.05) is 44.2 Å². The highest BCUT2D eigenvalue weighted by atomic mass is 35.5. The minimum Gasteiger partial charge on any atom is -0.478 e. The van der Waals surface area contributed by atoms with Gasteiger partial charge in [-0.2, -0.15) is 4.98 Å². The number of halogens is 1. The summed E-state index contributed by atoms with van der Waals surface area (Å²) in [6.45, 7) is 2.94.